The number of benzene rings is 1. The summed E-state index contributed by atoms with van der Waals surface area (Å²) in [5.41, 5.74) is 6.89. The molecule has 6 heteroatoms. The molecule has 0 aliphatic heterocycles. The van der Waals surface area contributed by atoms with Gasteiger partial charge in [-0.2, -0.15) is 0 Å². The summed E-state index contributed by atoms with van der Waals surface area (Å²) in [6.45, 7) is 2.48. The van der Waals surface area contributed by atoms with Crippen LogP contribution in [0.3, 0.4) is 0 Å². The van der Waals surface area contributed by atoms with Gasteiger partial charge in [-0.25, -0.2) is 0 Å². The van der Waals surface area contributed by atoms with Crippen molar-refractivity contribution >= 4 is 16.8 Å². The van der Waals surface area contributed by atoms with E-state index < -0.39 is 5.91 Å². The van der Waals surface area contributed by atoms with Gasteiger partial charge in [0.15, 0.2) is 5.76 Å². The molecule has 3 aromatic rings. The Kier molecular flexibility index (Phi) is 3.89. The molecule has 0 radical (unpaired) electrons. The number of hydrogen-bond acceptors (Lipinski definition) is 4. The molecule has 6 nitrogen and oxygen atoms in total. The van der Waals surface area contributed by atoms with Crippen LogP contribution in [0.1, 0.15) is 28.6 Å². The zero-order valence-corrected chi connectivity index (χ0v) is 12.6. The molecule has 23 heavy (non-hydrogen) atoms. The van der Waals surface area contributed by atoms with E-state index in [2.05, 4.69) is 4.98 Å². The Morgan fingerprint density at radius 3 is 2.83 bits per heavy atom. The number of primary amides is 1. The zero-order valence-electron chi connectivity index (χ0n) is 12.6. The van der Waals surface area contributed by atoms with Crippen LogP contribution < -0.4 is 16.0 Å². The summed E-state index contributed by atoms with van der Waals surface area (Å²) in [5.74, 6) is 0.160. The van der Waals surface area contributed by atoms with Crippen molar-refractivity contribution in [1.82, 2.24) is 4.98 Å². The second kappa shape index (κ2) is 6.00. The molecule has 3 rings (SSSR count). The highest BCUT2D eigenvalue weighted by Gasteiger charge is 2.14. The third-order valence-electron chi connectivity index (χ3n) is 3.56. The van der Waals surface area contributed by atoms with Crippen LogP contribution in [0, 0.1) is 0 Å². The number of amides is 1. The molecule has 0 fully saturated rings. The predicted molar refractivity (Wildman–Crippen MR) is 85.8 cm³/mol. The van der Waals surface area contributed by atoms with Crippen LogP contribution in [-0.2, 0) is 6.42 Å². The van der Waals surface area contributed by atoms with Gasteiger partial charge in [0.05, 0.1) is 12.9 Å². The maximum atomic E-state index is 12.2. The average molecular weight is 312 g/mol. The maximum Gasteiger partial charge on any atom is 0.284 e. The molecule has 0 atom stereocenters. The SMILES string of the molecule is CCOc1ccc2[nH]c(=O)c(Cc3ccoc3C(N)=O)cc2c1. The van der Waals surface area contributed by atoms with E-state index in [1.165, 1.54) is 6.26 Å². The summed E-state index contributed by atoms with van der Waals surface area (Å²) in [7, 11) is 0. The van der Waals surface area contributed by atoms with Gasteiger partial charge in [-0.3, -0.25) is 9.59 Å². The first-order valence-electron chi connectivity index (χ1n) is 7.23. The van der Waals surface area contributed by atoms with Crippen LogP contribution in [0.4, 0.5) is 0 Å². The van der Waals surface area contributed by atoms with Gasteiger partial charge in [-0.05, 0) is 37.3 Å². The first-order chi connectivity index (χ1) is 11.1. The lowest BCUT2D eigenvalue weighted by atomic mass is 10.0. The van der Waals surface area contributed by atoms with Gasteiger partial charge in [0, 0.05) is 28.5 Å². The fraction of sp³-hybridized carbons (Fsp3) is 0.176. The molecule has 1 aromatic carbocycles. The number of ether oxygens (including phenoxy) is 1. The van der Waals surface area contributed by atoms with Gasteiger partial charge in [0.1, 0.15) is 5.75 Å². The second-order valence-corrected chi connectivity index (χ2v) is 5.12. The lowest BCUT2D eigenvalue weighted by Gasteiger charge is -2.06. The number of carbonyl (C=O) groups is 1. The number of carbonyl (C=O) groups excluding carboxylic acids is 1. The third-order valence-corrected chi connectivity index (χ3v) is 3.56. The average Bonchev–Trinajstić information content (AvgIpc) is 2.97. The Balaban J connectivity index is 2.03. The molecule has 118 valence electrons. The smallest absolute Gasteiger partial charge is 0.284 e. The van der Waals surface area contributed by atoms with Gasteiger partial charge in [-0.1, -0.05) is 0 Å². The molecular formula is C17H16N2O4. The molecule has 0 bridgehead atoms. The number of hydrogen-bond donors (Lipinski definition) is 2. The van der Waals surface area contributed by atoms with E-state index in [0.717, 1.165) is 16.7 Å². The normalized spacial score (nSPS) is 10.8. The number of nitrogens with one attached hydrogen (secondary N) is 1. The van der Waals surface area contributed by atoms with Gasteiger partial charge < -0.3 is 19.9 Å². The van der Waals surface area contributed by atoms with Gasteiger partial charge in [0.2, 0.25) is 0 Å². The summed E-state index contributed by atoms with van der Waals surface area (Å²) in [5, 5.41) is 0.856. The quantitative estimate of drug-likeness (QED) is 0.754. The highest BCUT2D eigenvalue weighted by Crippen LogP contribution is 2.21. The van der Waals surface area contributed by atoms with Crippen LogP contribution in [0.5, 0.6) is 5.75 Å². The summed E-state index contributed by atoms with van der Waals surface area (Å²) in [4.78, 5) is 26.4. The molecular weight excluding hydrogens is 296 g/mol. The Bertz CT molecular complexity index is 924. The Morgan fingerprint density at radius 2 is 2.09 bits per heavy atom. The number of furan rings is 1. The van der Waals surface area contributed by atoms with Crippen LogP contribution in [0.15, 0.2) is 45.8 Å². The van der Waals surface area contributed by atoms with Crippen molar-refractivity contribution in [3.8, 4) is 5.75 Å². The molecule has 0 saturated heterocycles. The fourth-order valence-corrected chi connectivity index (χ4v) is 2.51. The molecule has 0 spiro atoms. The van der Waals surface area contributed by atoms with Crippen molar-refractivity contribution in [2.75, 3.05) is 6.61 Å². The van der Waals surface area contributed by atoms with Crippen molar-refractivity contribution < 1.29 is 13.9 Å². The van der Waals surface area contributed by atoms with Crippen LogP contribution in [0.2, 0.25) is 0 Å². The number of nitrogens with two attached hydrogens (primary N) is 1. The Labute approximate surface area is 131 Å². The minimum atomic E-state index is -0.652. The number of pyridine rings is 1. The summed E-state index contributed by atoms with van der Waals surface area (Å²) in [6, 6.07) is 8.90. The van der Waals surface area contributed by atoms with E-state index >= 15 is 0 Å². The summed E-state index contributed by atoms with van der Waals surface area (Å²) < 4.78 is 10.5. The minimum absolute atomic E-state index is 0.0764. The molecule has 3 N–H and O–H groups in total. The first kappa shape index (κ1) is 14.9. The topological polar surface area (TPSA) is 98.3 Å². The van der Waals surface area contributed by atoms with E-state index in [1.54, 1.807) is 18.2 Å². The van der Waals surface area contributed by atoms with E-state index in [0.29, 0.717) is 17.7 Å². The Morgan fingerprint density at radius 1 is 1.26 bits per heavy atom. The van der Waals surface area contributed by atoms with Crippen LogP contribution in [0.25, 0.3) is 10.9 Å². The predicted octanol–water partition coefficient (Wildman–Crippen LogP) is 2.21. The molecule has 2 heterocycles. The highest BCUT2D eigenvalue weighted by atomic mass is 16.5. The molecule has 1 amide bonds. The lowest BCUT2D eigenvalue weighted by molar-refractivity contribution is 0.0973. The first-order valence-corrected chi connectivity index (χ1v) is 7.23. The van der Waals surface area contributed by atoms with E-state index in [-0.39, 0.29) is 17.7 Å². The fourth-order valence-electron chi connectivity index (χ4n) is 2.51. The van der Waals surface area contributed by atoms with E-state index in [4.69, 9.17) is 14.9 Å². The van der Waals surface area contributed by atoms with Crippen molar-refractivity contribution in [3.05, 3.63) is 63.8 Å². The van der Waals surface area contributed by atoms with Crippen LogP contribution >= 0.6 is 0 Å². The van der Waals surface area contributed by atoms with E-state index in [9.17, 15) is 9.59 Å². The number of rotatable bonds is 5. The monoisotopic (exact) mass is 312 g/mol. The molecule has 0 unspecified atom stereocenters. The molecule has 0 aliphatic carbocycles. The van der Waals surface area contributed by atoms with E-state index in [1.807, 2.05) is 19.1 Å². The van der Waals surface area contributed by atoms with Crippen molar-refractivity contribution in [3.63, 3.8) is 0 Å². The van der Waals surface area contributed by atoms with Gasteiger partial charge in [0.25, 0.3) is 11.5 Å². The van der Waals surface area contributed by atoms with Crippen molar-refractivity contribution in [2.45, 2.75) is 13.3 Å². The lowest BCUT2D eigenvalue weighted by Crippen LogP contribution is -2.16. The number of aromatic amines is 1. The zero-order chi connectivity index (χ0) is 16.4. The Hall–Kier alpha value is -3.02. The number of fused-ring (bicyclic) bond motifs is 1. The number of aromatic nitrogens is 1. The van der Waals surface area contributed by atoms with Crippen molar-refractivity contribution in [2.24, 2.45) is 5.73 Å². The third kappa shape index (κ3) is 2.96. The largest absolute Gasteiger partial charge is 0.494 e. The highest BCUT2D eigenvalue weighted by molar-refractivity contribution is 5.91. The van der Waals surface area contributed by atoms with Crippen molar-refractivity contribution in [1.29, 1.82) is 0 Å². The summed E-state index contributed by atoms with van der Waals surface area (Å²) >= 11 is 0. The maximum absolute atomic E-state index is 12.2. The van der Waals surface area contributed by atoms with Gasteiger partial charge in [-0.15, -0.1) is 0 Å². The molecule has 2 aromatic heterocycles. The number of H-pyrrole nitrogens is 1. The minimum Gasteiger partial charge on any atom is -0.494 e. The molecule has 0 saturated carbocycles. The standard InChI is InChI=1S/C17H16N2O4/c1-2-22-13-3-4-14-11(9-13)8-12(17(21)19-14)7-10-5-6-23-15(10)16(18)20/h3-6,8-9H,2,7H2,1H3,(H2,18,20)(H,19,21). The molecule has 0 aliphatic rings. The second-order valence-electron chi connectivity index (χ2n) is 5.12. The van der Waals surface area contributed by atoms with Crippen LogP contribution in [-0.4, -0.2) is 17.5 Å². The summed E-state index contributed by atoms with van der Waals surface area (Å²) in [6.07, 6.45) is 1.65. The van der Waals surface area contributed by atoms with Gasteiger partial charge >= 0.3 is 0 Å².